The van der Waals surface area contributed by atoms with Crippen molar-refractivity contribution >= 4 is 0 Å². The molecule has 1 atom stereocenters. The lowest BCUT2D eigenvalue weighted by molar-refractivity contribution is 0.353. The number of hydrogen-bond donors (Lipinski definition) is 1. The Balaban J connectivity index is 2.45. The first kappa shape index (κ1) is 15.1. The average molecular weight is 289 g/mol. The molecule has 2 aromatic rings. The lowest BCUT2D eigenvalue weighted by Crippen LogP contribution is -2.20. The monoisotopic (exact) mass is 289 g/mol. The fourth-order valence-electron chi connectivity index (χ4n) is 2.10. The van der Waals surface area contributed by atoms with Crippen LogP contribution in [-0.2, 0) is 0 Å². The molecule has 0 saturated carbocycles. The number of methoxy groups -OCH3 is 3. The summed E-state index contributed by atoms with van der Waals surface area (Å²) >= 11 is 0. The van der Waals surface area contributed by atoms with Gasteiger partial charge in [-0.05, 0) is 24.7 Å². The van der Waals surface area contributed by atoms with E-state index in [0.29, 0.717) is 17.5 Å². The highest BCUT2D eigenvalue weighted by Crippen LogP contribution is 2.29. The number of nitrogens with one attached hydrogen (secondary N) is 1. The highest BCUT2D eigenvalue weighted by atomic mass is 16.5. The van der Waals surface area contributed by atoms with Crippen LogP contribution in [0, 0.1) is 0 Å². The van der Waals surface area contributed by atoms with Gasteiger partial charge in [-0.1, -0.05) is 12.1 Å². The normalized spacial score (nSPS) is 11.8. The molecule has 1 aromatic carbocycles. The van der Waals surface area contributed by atoms with Crippen molar-refractivity contribution in [2.75, 3.05) is 28.4 Å². The fraction of sp³-hybridized carbons (Fsp3) is 0.333. The van der Waals surface area contributed by atoms with E-state index in [1.165, 1.54) is 0 Å². The topological polar surface area (TPSA) is 65.5 Å². The summed E-state index contributed by atoms with van der Waals surface area (Å²) in [5.74, 6) is 1.63. The van der Waals surface area contributed by atoms with Crippen LogP contribution in [0.4, 0.5) is 0 Å². The van der Waals surface area contributed by atoms with Gasteiger partial charge in [0.2, 0.25) is 11.8 Å². The van der Waals surface area contributed by atoms with Crippen LogP contribution in [0.25, 0.3) is 0 Å². The van der Waals surface area contributed by atoms with E-state index in [9.17, 15) is 0 Å². The molecule has 0 radical (unpaired) electrons. The summed E-state index contributed by atoms with van der Waals surface area (Å²) in [4.78, 5) is 8.68. The highest BCUT2D eigenvalue weighted by Gasteiger charge is 2.20. The third-order valence-corrected chi connectivity index (χ3v) is 3.14. The minimum Gasteiger partial charge on any atom is -0.497 e. The van der Waals surface area contributed by atoms with Crippen LogP contribution in [0.5, 0.6) is 17.5 Å². The van der Waals surface area contributed by atoms with Crippen molar-refractivity contribution in [1.29, 1.82) is 0 Å². The Kier molecular flexibility index (Phi) is 4.94. The molecule has 6 heteroatoms. The third-order valence-electron chi connectivity index (χ3n) is 3.14. The fourth-order valence-corrected chi connectivity index (χ4v) is 2.10. The minimum absolute atomic E-state index is 0.159. The molecule has 0 saturated heterocycles. The summed E-state index contributed by atoms with van der Waals surface area (Å²) in [6, 6.07) is 7.62. The molecule has 0 bridgehead atoms. The van der Waals surface area contributed by atoms with E-state index in [1.54, 1.807) is 27.5 Å². The van der Waals surface area contributed by atoms with Crippen LogP contribution in [0.1, 0.15) is 17.3 Å². The molecule has 0 aliphatic heterocycles. The van der Waals surface area contributed by atoms with E-state index < -0.39 is 0 Å². The predicted molar refractivity (Wildman–Crippen MR) is 79.0 cm³/mol. The molecule has 1 heterocycles. The average Bonchev–Trinajstić information content (AvgIpc) is 2.56. The number of ether oxygens (including phenoxy) is 3. The van der Waals surface area contributed by atoms with Gasteiger partial charge in [-0.15, -0.1) is 0 Å². The lowest BCUT2D eigenvalue weighted by atomic mass is 10.0. The smallest absolute Gasteiger partial charge is 0.240 e. The second-order valence-electron chi connectivity index (χ2n) is 4.31. The zero-order chi connectivity index (χ0) is 15.2. The molecule has 0 aliphatic carbocycles. The number of rotatable bonds is 6. The Bertz CT molecular complexity index is 604. The first-order valence-electron chi connectivity index (χ1n) is 6.49. The predicted octanol–water partition coefficient (Wildman–Crippen LogP) is 1.81. The summed E-state index contributed by atoms with van der Waals surface area (Å²) in [6.07, 6.45) is 1.57. The number of hydrogen-bond acceptors (Lipinski definition) is 6. The van der Waals surface area contributed by atoms with E-state index in [-0.39, 0.29) is 6.04 Å². The molecule has 1 unspecified atom stereocenters. The van der Waals surface area contributed by atoms with Crippen LogP contribution < -0.4 is 19.5 Å². The third kappa shape index (κ3) is 3.22. The van der Waals surface area contributed by atoms with Gasteiger partial charge in [-0.3, -0.25) is 0 Å². The van der Waals surface area contributed by atoms with Gasteiger partial charge in [0.25, 0.3) is 0 Å². The number of benzene rings is 1. The summed E-state index contributed by atoms with van der Waals surface area (Å²) in [5, 5.41) is 3.22. The maximum absolute atomic E-state index is 5.32. The maximum atomic E-state index is 5.32. The standard InChI is InChI=1S/C15H19N3O3/c1-16-13(10-6-5-7-11(8-10)19-2)14-15(21-4)18-12(20-3)9-17-14/h5-9,13,16H,1-4H3. The van der Waals surface area contributed by atoms with Crippen molar-refractivity contribution in [3.63, 3.8) is 0 Å². The molecule has 6 nitrogen and oxygen atoms in total. The molecule has 2 rings (SSSR count). The number of nitrogens with zero attached hydrogens (tertiary/aromatic N) is 2. The van der Waals surface area contributed by atoms with E-state index in [1.807, 2.05) is 31.3 Å². The van der Waals surface area contributed by atoms with Crippen LogP contribution in [0.2, 0.25) is 0 Å². The van der Waals surface area contributed by atoms with Crippen molar-refractivity contribution in [3.8, 4) is 17.5 Å². The molecular formula is C15H19N3O3. The van der Waals surface area contributed by atoms with Gasteiger partial charge in [0.15, 0.2) is 0 Å². The van der Waals surface area contributed by atoms with Crippen molar-refractivity contribution in [2.45, 2.75) is 6.04 Å². The second-order valence-corrected chi connectivity index (χ2v) is 4.31. The molecule has 21 heavy (non-hydrogen) atoms. The largest absolute Gasteiger partial charge is 0.497 e. The van der Waals surface area contributed by atoms with Gasteiger partial charge in [0.05, 0.1) is 33.6 Å². The number of aromatic nitrogens is 2. The Hall–Kier alpha value is -2.34. The first-order chi connectivity index (χ1) is 10.2. The van der Waals surface area contributed by atoms with Crippen LogP contribution in [-0.4, -0.2) is 38.3 Å². The molecular weight excluding hydrogens is 270 g/mol. The van der Waals surface area contributed by atoms with Crippen LogP contribution in [0.15, 0.2) is 30.5 Å². The quantitative estimate of drug-likeness (QED) is 0.875. The highest BCUT2D eigenvalue weighted by molar-refractivity contribution is 5.38. The van der Waals surface area contributed by atoms with Gasteiger partial charge >= 0.3 is 0 Å². The summed E-state index contributed by atoms with van der Waals surface area (Å²) in [6.45, 7) is 0. The first-order valence-corrected chi connectivity index (χ1v) is 6.49. The zero-order valence-corrected chi connectivity index (χ0v) is 12.6. The lowest BCUT2D eigenvalue weighted by Gasteiger charge is -2.18. The maximum Gasteiger partial charge on any atom is 0.240 e. The minimum atomic E-state index is -0.159. The zero-order valence-electron chi connectivity index (χ0n) is 12.6. The van der Waals surface area contributed by atoms with Crippen LogP contribution in [0.3, 0.4) is 0 Å². The molecule has 112 valence electrons. The Morgan fingerprint density at radius 2 is 1.90 bits per heavy atom. The van der Waals surface area contributed by atoms with Crippen molar-refractivity contribution in [1.82, 2.24) is 15.3 Å². The van der Waals surface area contributed by atoms with Crippen molar-refractivity contribution in [3.05, 3.63) is 41.7 Å². The summed E-state index contributed by atoms with van der Waals surface area (Å²) in [5.41, 5.74) is 1.70. The van der Waals surface area contributed by atoms with Crippen molar-refractivity contribution < 1.29 is 14.2 Å². The van der Waals surface area contributed by atoms with Gasteiger partial charge in [0.1, 0.15) is 11.4 Å². The second kappa shape index (κ2) is 6.90. The summed E-state index contributed by atoms with van der Waals surface area (Å²) in [7, 11) is 6.60. The molecule has 1 aromatic heterocycles. The SMILES string of the molecule is CNC(c1cccc(OC)c1)c1ncc(OC)nc1OC. The van der Waals surface area contributed by atoms with E-state index in [0.717, 1.165) is 11.3 Å². The van der Waals surface area contributed by atoms with Gasteiger partial charge in [-0.25, -0.2) is 4.98 Å². The van der Waals surface area contributed by atoms with Crippen molar-refractivity contribution in [2.24, 2.45) is 0 Å². The van der Waals surface area contributed by atoms with E-state index in [2.05, 4.69) is 15.3 Å². The molecule has 0 aliphatic rings. The van der Waals surface area contributed by atoms with Gasteiger partial charge in [0, 0.05) is 0 Å². The Morgan fingerprint density at radius 3 is 2.52 bits per heavy atom. The molecule has 0 amide bonds. The summed E-state index contributed by atoms with van der Waals surface area (Å²) < 4.78 is 15.7. The van der Waals surface area contributed by atoms with Gasteiger partial charge < -0.3 is 19.5 Å². The Morgan fingerprint density at radius 1 is 1.10 bits per heavy atom. The molecule has 1 N–H and O–H groups in total. The van der Waals surface area contributed by atoms with E-state index >= 15 is 0 Å². The van der Waals surface area contributed by atoms with Gasteiger partial charge in [-0.2, -0.15) is 4.98 Å². The molecule has 0 fully saturated rings. The molecule has 0 spiro atoms. The van der Waals surface area contributed by atoms with Crippen LogP contribution >= 0.6 is 0 Å². The Labute approximate surface area is 124 Å². The van der Waals surface area contributed by atoms with E-state index in [4.69, 9.17) is 14.2 Å².